The van der Waals surface area contributed by atoms with Gasteiger partial charge in [-0.1, -0.05) is 35.3 Å². The van der Waals surface area contributed by atoms with Gasteiger partial charge >= 0.3 is 0 Å². The molecule has 1 amide bonds. The number of carbonyl (C=O) groups is 1. The summed E-state index contributed by atoms with van der Waals surface area (Å²) in [5.74, 6) is -0.0498. The molecule has 2 aromatic rings. The molecule has 0 fully saturated rings. The summed E-state index contributed by atoms with van der Waals surface area (Å²) in [4.78, 5) is 11.9. The van der Waals surface area contributed by atoms with E-state index >= 15 is 0 Å². The Balaban J connectivity index is 1.84. The maximum Gasteiger partial charge on any atom is 0.279 e. The molecule has 2 aromatic carbocycles. The zero-order valence-electron chi connectivity index (χ0n) is 11.6. The Hall–Kier alpha value is -1.55. The summed E-state index contributed by atoms with van der Waals surface area (Å²) in [5.41, 5.74) is 1.84. The SMILES string of the molecule is C[C@H]([NH2+]CC(=O)Nc1ccc(Cl)cc1)c1cccc(Cl)c1. The second-order valence-corrected chi connectivity index (χ2v) is 5.71. The third-order valence-corrected chi connectivity index (χ3v) is 3.65. The molecule has 21 heavy (non-hydrogen) atoms. The highest BCUT2D eigenvalue weighted by atomic mass is 35.5. The van der Waals surface area contributed by atoms with E-state index in [0.29, 0.717) is 16.6 Å². The van der Waals surface area contributed by atoms with Crippen LogP contribution in [0.1, 0.15) is 18.5 Å². The van der Waals surface area contributed by atoms with Crippen molar-refractivity contribution in [2.45, 2.75) is 13.0 Å². The standard InChI is InChI=1S/C16H16Cl2N2O/c1-11(12-3-2-4-14(18)9-12)19-10-16(21)20-15-7-5-13(17)6-8-15/h2-9,11,19H,10H2,1H3,(H,20,21)/p+1/t11-/m0/s1. The molecule has 0 aliphatic carbocycles. The Bertz CT molecular complexity index is 614. The number of benzene rings is 2. The van der Waals surface area contributed by atoms with Crippen LogP contribution in [0.2, 0.25) is 10.0 Å². The van der Waals surface area contributed by atoms with E-state index < -0.39 is 0 Å². The first kappa shape index (κ1) is 15.8. The van der Waals surface area contributed by atoms with Crippen LogP contribution in [0, 0.1) is 0 Å². The molecule has 0 spiro atoms. The molecule has 3 nitrogen and oxygen atoms in total. The molecule has 0 aliphatic rings. The maximum absolute atomic E-state index is 11.9. The number of nitrogens with two attached hydrogens (primary N) is 1. The lowest BCUT2D eigenvalue weighted by atomic mass is 10.1. The Labute approximate surface area is 134 Å². The number of hydrogen-bond donors (Lipinski definition) is 2. The fourth-order valence-corrected chi connectivity index (χ4v) is 2.28. The minimum Gasteiger partial charge on any atom is -0.333 e. The third kappa shape index (κ3) is 5.05. The quantitative estimate of drug-likeness (QED) is 0.871. The number of halogens is 2. The van der Waals surface area contributed by atoms with Crippen molar-refractivity contribution < 1.29 is 10.1 Å². The first-order valence-electron chi connectivity index (χ1n) is 6.69. The predicted molar refractivity (Wildman–Crippen MR) is 86.7 cm³/mol. The van der Waals surface area contributed by atoms with E-state index in [2.05, 4.69) is 5.32 Å². The number of nitrogens with one attached hydrogen (secondary N) is 1. The molecule has 0 saturated carbocycles. The first-order chi connectivity index (χ1) is 10.0. The minimum atomic E-state index is -0.0498. The highest BCUT2D eigenvalue weighted by Crippen LogP contribution is 2.15. The molecular weight excluding hydrogens is 307 g/mol. The summed E-state index contributed by atoms with van der Waals surface area (Å²) in [5, 5.41) is 6.16. The van der Waals surface area contributed by atoms with E-state index in [9.17, 15) is 4.79 Å². The number of amides is 1. The van der Waals surface area contributed by atoms with Gasteiger partial charge in [0.25, 0.3) is 5.91 Å². The number of quaternary nitrogens is 1. The fraction of sp³-hybridized carbons (Fsp3) is 0.188. The van der Waals surface area contributed by atoms with Gasteiger partial charge in [-0.05, 0) is 43.3 Å². The molecule has 110 valence electrons. The topological polar surface area (TPSA) is 45.7 Å². The number of hydrogen-bond acceptors (Lipinski definition) is 1. The monoisotopic (exact) mass is 323 g/mol. The smallest absolute Gasteiger partial charge is 0.279 e. The molecule has 0 aromatic heterocycles. The largest absolute Gasteiger partial charge is 0.333 e. The highest BCUT2D eigenvalue weighted by Gasteiger charge is 2.11. The number of rotatable bonds is 5. The molecule has 0 radical (unpaired) electrons. The lowest BCUT2D eigenvalue weighted by molar-refractivity contribution is -0.682. The third-order valence-electron chi connectivity index (χ3n) is 3.16. The lowest BCUT2D eigenvalue weighted by Gasteiger charge is -2.11. The fourth-order valence-electron chi connectivity index (χ4n) is 1.95. The van der Waals surface area contributed by atoms with Crippen LogP contribution < -0.4 is 10.6 Å². The molecule has 3 N–H and O–H groups in total. The van der Waals surface area contributed by atoms with Gasteiger partial charge in [-0.15, -0.1) is 0 Å². The minimum absolute atomic E-state index is 0.0498. The van der Waals surface area contributed by atoms with Gasteiger partial charge in [-0.25, -0.2) is 0 Å². The van der Waals surface area contributed by atoms with E-state index in [4.69, 9.17) is 23.2 Å². The molecule has 0 saturated heterocycles. The Morgan fingerprint density at radius 2 is 1.86 bits per heavy atom. The van der Waals surface area contributed by atoms with E-state index in [1.165, 1.54) is 0 Å². The normalized spacial score (nSPS) is 12.0. The van der Waals surface area contributed by atoms with Crippen LogP contribution in [-0.4, -0.2) is 12.5 Å². The average molecular weight is 324 g/mol. The van der Waals surface area contributed by atoms with Crippen LogP contribution in [0.3, 0.4) is 0 Å². The van der Waals surface area contributed by atoms with Crippen molar-refractivity contribution in [3.63, 3.8) is 0 Å². The Kier molecular flexibility index (Phi) is 5.62. The van der Waals surface area contributed by atoms with Crippen molar-refractivity contribution in [3.05, 3.63) is 64.1 Å². The van der Waals surface area contributed by atoms with Crippen LogP contribution in [0.4, 0.5) is 5.69 Å². The van der Waals surface area contributed by atoms with Gasteiger partial charge in [0.2, 0.25) is 0 Å². The predicted octanol–water partition coefficient (Wildman–Crippen LogP) is 3.26. The second kappa shape index (κ2) is 7.46. The molecule has 0 unspecified atom stereocenters. The van der Waals surface area contributed by atoms with Crippen LogP contribution in [0.15, 0.2) is 48.5 Å². The van der Waals surface area contributed by atoms with Crippen molar-refractivity contribution >= 4 is 34.8 Å². The number of carbonyl (C=O) groups excluding carboxylic acids is 1. The van der Waals surface area contributed by atoms with Gasteiger partial charge in [-0.3, -0.25) is 4.79 Å². The Morgan fingerprint density at radius 1 is 1.14 bits per heavy atom. The van der Waals surface area contributed by atoms with Gasteiger partial charge < -0.3 is 10.6 Å². The van der Waals surface area contributed by atoms with E-state index in [-0.39, 0.29) is 11.9 Å². The molecule has 2 rings (SSSR count). The van der Waals surface area contributed by atoms with E-state index in [1.54, 1.807) is 24.3 Å². The van der Waals surface area contributed by atoms with Crippen LogP contribution >= 0.6 is 23.2 Å². The summed E-state index contributed by atoms with van der Waals surface area (Å²) < 4.78 is 0. The average Bonchev–Trinajstić information content (AvgIpc) is 2.47. The molecule has 1 atom stereocenters. The van der Waals surface area contributed by atoms with E-state index in [1.807, 2.05) is 36.5 Å². The lowest BCUT2D eigenvalue weighted by Crippen LogP contribution is -2.86. The first-order valence-corrected chi connectivity index (χ1v) is 7.44. The van der Waals surface area contributed by atoms with Gasteiger partial charge in [0.1, 0.15) is 6.04 Å². The molecule has 5 heteroatoms. The maximum atomic E-state index is 11.9. The van der Waals surface area contributed by atoms with Gasteiger partial charge in [0.15, 0.2) is 6.54 Å². The molecular formula is C16H17Cl2N2O+. The Morgan fingerprint density at radius 3 is 2.52 bits per heavy atom. The van der Waals surface area contributed by atoms with Crippen molar-refractivity contribution in [2.75, 3.05) is 11.9 Å². The summed E-state index contributed by atoms with van der Waals surface area (Å²) in [6, 6.07) is 14.9. The van der Waals surface area contributed by atoms with Crippen molar-refractivity contribution in [1.82, 2.24) is 0 Å². The zero-order chi connectivity index (χ0) is 15.2. The second-order valence-electron chi connectivity index (χ2n) is 4.84. The summed E-state index contributed by atoms with van der Waals surface area (Å²) in [7, 11) is 0. The molecule has 0 heterocycles. The number of anilines is 1. The van der Waals surface area contributed by atoms with E-state index in [0.717, 1.165) is 11.3 Å². The zero-order valence-corrected chi connectivity index (χ0v) is 13.2. The van der Waals surface area contributed by atoms with Gasteiger partial charge in [0.05, 0.1) is 0 Å². The molecule has 0 bridgehead atoms. The van der Waals surface area contributed by atoms with Gasteiger partial charge in [-0.2, -0.15) is 0 Å². The van der Waals surface area contributed by atoms with Crippen LogP contribution in [-0.2, 0) is 4.79 Å². The van der Waals surface area contributed by atoms with Crippen molar-refractivity contribution in [1.29, 1.82) is 0 Å². The summed E-state index contributed by atoms with van der Waals surface area (Å²) in [6.45, 7) is 2.39. The van der Waals surface area contributed by atoms with Crippen molar-refractivity contribution in [2.24, 2.45) is 0 Å². The highest BCUT2D eigenvalue weighted by molar-refractivity contribution is 6.30. The molecule has 0 aliphatic heterocycles. The van der Waals surface area contributed by atoms with Crippen LogP contribution in [0.25, 0.3) is 0 Å². The summed E-state index contributed by atoms with van der Waals surface area (Å²) in [6.07, 6.45) is 0. The van der Waals surface area contributed by atoms with Gasteiger partial charge in [0, 0.05) is 21.3 Å². The van der Waals surface area contributed by atoms with Crippen molar-refractivity contribution in [3.8, 4) is 0 Å². The summed E-state index contributed by atoms with van der Waals surface area (Å²) >= 11 is 11.8. The van der Waals surface area contributed by atoms with Crippen LogP contribution in [0.5, 0.6) is 0 Å².